The minimum Gasteiger partial charge on any atom is -0.481 e. The third kappa shape index (κ3) is 5.62. The molecule has 0 fully saturated rings. The fourth-order valence-electron chi connectivity index (χ4n) is 2.49. The average Bonchev–Trinajstić information content (AvgIpc) is 2.59. The number of carboxylic acid groups (broad SMARTS) is 1. The standard InChI is InChI=1S/C19H17Cl2F3N2O2/c1-10(18(27)28)6-16(25)14-5-3-12(19(22,23)24)7-17(14)26-9-11-2-4-13(20)8-15(11)21/h2-5,7-8,10,25-26H,6,9H2,1H3,(H,27,28). The van der Waals surface area contributed by atoms with Crippen molar-refractivity contribution >= 4 is 40.6 Å². The van der Waals surface area contributed by atoms with Gasteiger partial charge in [-0.25, -0.2) is 0 Å². The highest BCUT2D eigenvalue weighted by atomic mass is 35.5. The fraction of sp³-hybridized carbons (Fsp3) is 0.263. The molecule has 0 saturated heterocycles. The van der Waals surface area contributed by atoms with E-state index >= 15 is 0 Å². The predicted molar refractivity (Wildman–Crippen MR) is 103 cm³/mol. The Morgan fingerprint density at radius 3 is 2.46 bits per heavy atom. The van der Waals surface area contributed by atoms with Crippen LogP contribution in [0.2, 0.25) is 10.0 Å². The van der Waals surface area contributed by atoms with Crippen LogP contribution < -0.4 is 5.32 Å². The molecule has 0 aliphatic carbocycles. The average molecular weight is 433 g/mol. The lowest BCUT2D eigenvalue weighted by Crippen LogP contribution is -2.17. The van der Waals surface area contributed by atoms with Crippen LogP contribution in [0.1, 0.15) is 30.0 Å². The van der Waals surface area contributed by atoms with Crippen LogP contribution in [0.15, 0.2) is 36.4 Å². The summed E-state index contributed by atoms with van der Waals surface area (Å²) in [4.78, 5) is 11.0. The molecular weight excluding hydrogens is 416 g/mol. The number of nitrogens with one attached hydrogen (secondary N) is 2. The van der Waals surface area contributed by atoms with Gasteiger partial charge >= 0.3 is 12.1 Å². The maximum atomic E-state index is 13.1. The van der Waals surface area contributed by atoms with Crippen LogP contribution in [0.5, 0.6) is 0 Å². The zero-order valence-corrected chi connectivity index (χ0v) is 16.2. The Morgan fingerprint density at radius 2 is 1.89 bits per heavy atom. The highest BCUT2D eigenvalue weighted by molar-refractivity contribution is 6.35. The number of carbonyl (C=O) groups is 1. The van der Waals surface area contributed by atoms with Gasteiger partial charge in [0.15, 0.2) is 0 Å². The molecule has 0 bridgehead atoms. The first-order valence-corrected chi connectivity index (χ1v) is 8.94. The van der Waals surface area contributed by atoms with Gasteiger partial charge in [-0.15, -0.1) is 0 Å². The SMILES string of the molecule is CC(CC(=N)c1ccc(C(F)(F)F)cc1NCc1ccc(Cl)cc1Cl)C(=O)O. The molecule has 0 spiro atoms. The third-order valence-corrected chi connectivity index (χ3v) is 4.68. The van der Waals surface area contributed by atoms with E-state index in [1.54, 1.807) is 12.1 Å². The molecule has 1 atom stereocenters. The Balaban J connectivity index is 2.34. The third-order valence-electron chi connectivity index (χ3n) is 4.09. The summed E-state index contributed by atoms with van der Waals surface area (Å²) in [6.07, 6.45) is -4.67. The molecule has 3 N–H and O–H groups in total. The van der Waals surface area contributed by atoms with Crippen LogP contribution >= 0.6 is 23.2 Å². The molecule has 28 heavy (non-hydrogen) atoms. The normalized spacial score (nSPS) is 12.5. The maximum absolute atomic E-state index is 13.1. The summed E-state index contributed by atoms with van der Waals surface area (Å²) in [5.41, 5.74) is -0.0668. The minimum atomic E-state index is -4.55. The van der Waals surface area contributed by atoms with E-state index in [-0.39, 0.29) is 29.9 Å². The highest BCUT2D eigenvalue weighted by Crippen LogP contribution is 2.33. The van der Waals surface area contributed by atoms with Crippen molar-refractivity contribution in [3.8, 4) is 0 Å². The number of hydrogen-bond acceptors (Lipinski definition) is 3. The van der Waals surface area contributed by atoms with Crippen molar-refractivity contribution in [2.24, 2.45) is 5.92 Å². The number of anilines is 1. The molecule has 150 valence electrons. The molecule has 4 nitrogen and oxygen atoms in total. The zero-order valence-electron chi connectivity index (χ0n) is 14.7. The van der Waals surface area contributed by atoms with E-state index in [1.807, 2.05) is 0 Å². The summed E-state index contributed by atoms with van der Waals surface area (Å²) in [6, 6.07) is 7.71. The molecule has 9 heteroatoms. The number of benzene rings is 2. The van der Waals surface area contributed by atoms with Gasteiger partial charge in [0.1, 0.15) is 0 Å². The largest absolute Gasteiger partial charge is 0.481 e. The van der Waals surface area contributed by atoms with Crippen molar-refractivity contribution in [2.75, 3.05) is 5.32 Å². The number of carboxylic acids is 1. The van der Waals surface area contributed by atoms with Gasteiger partial charge in [0.05, 0.1) is 11.5 Å². The van der Waals surface area contributed by atoms with Gasteiger partial charge in [0.2, 0.25) is 0 Å². The Morgan fingerprint density at radius 1 is 1.21 bits per heavy atom. The second-order valence-corrected chi connectivity index (χ2v) is 7.11. The topological polar surface area (TPSA) is 73.2 Å². The van der Waals surface area contributed by atoms with Crippen molar-refractivity contribution in [3.63, 3.8) is 0 Å². The lowest BCUT2D eigenvalue weighted by atomic mass is 9.96. The van der Waals surface area contributed by atoms with Crippen molar-refractivity contribution in [1.29, 1.82) is 5.41 Å². The molecule has 0 heterocycles. The molecular formula is C19H17Cl2F3N2O2. The monoisotopic (exact) mass is 432 g/mol. The second-order valence-electron chi connectivity index (χ2n) is 6.27. The van der Waals surface area contributed by atoms with Gasteiger partial charge in [0.25, 0.3) is 0 Å². The van der Waals surface area contributed by atoms with Crippen LogP contribution in [0.3, 0.4) is 0 Å². The molecule has 0 aliphatic rings. The molecule has 2 rings (SSSR count). The Kier molecular flexibility index (Phi) is 6.96. The number of hydrogen-bond donors (Lipinski definition) is 3. The molecule has 1 unspecified atom stereocenters. The lowest BCUT2D eigenvalue weighted by Gasteiger charge is -2.17. The lowest BCUT2D eigenvalue weighted by molar-refractivity contribution is -0.141. The van der Waals surface area contributed by atoms with Crippen LogP contribution in [-0.4, -0.2) is 16.8 Å². The van der Waals surface area contributed by atoms with E-state index < -0.39 is 23.6 Å². The van der Waals surface area contributed by atoms with Crippen molar-refractivity contribution in [1.82, 2.24) is 0 Å². The van der Waals surface area contributed by atoms with Crippen LogP contribution in [0.4, 0.5) is 18.9 Å². The number of halogens is 5. The summed E-state index contributed by atoms with van der Waals surface area (Å²) < 4.78 is 39.3. The van der Waals surface area contributed by atoms with Crippen LogP contribution in [-0.2, 0) is 17.5 Å². The van der Waals surface area contributed by atoms with Gasteiger partial charge in [0, 0.05) is 40.0 Å². The van der Waals surface area contributed by atoms with E-state index in [0.29, 0.717) is 15.6 Å². The fourth-order valence-corrected chi connectivity index (χ4v) is 2.96. The molecule has 2 aromatic rings. The summed E-state index contributed by atoms with van der Waals surface area (Å²) in [5, 5.41) is 20.8. The second kappa shape index (κ2) is 8.84. The summed E-state index contributed by atoms with van der Waals surface area (Å²) in [6.45, 7) is 1.54. The Bertz CT molecular complexity index is 901. The maximum Gasteiger partial charge on any atom is 0.416 e. The number of alkyl halides is 3. The first-order valence-electron chi connectivity index (χ1n) is 8.18. The van der Waals surface area contributed by atoms with Gasteiger partial charge in [-0.05, 0) is 29.8 Å². The highest BCUT2D eigenvalue weighted by Gasteiger charge is 2.31. The molecule has 2 aromatic carbocycles. The summed E-state index contributed by atoms with van der Waals surface area (Å²) >= 11 is 11.9. The molecule has 0 saturated carbocycles. The Hall–Kier alpha value is -2.25. The van der Waals surface area contributed by atoms with Crippen molar-refractivity contribution < 1.29 is 23.1 Å². The van der Waals surface area contributed by atoms with Gasteiger partial charge in [-0.1, -0.05) is 42.3 Å². The number of rotatable bonds is 7. The van der Waals surface area contributed by atoms with Crippen molar-refractivity contribution in [2.45, 2.75) is 26.1 Å². The summed E-state index contributed by atoms with van der Waals surface area (Å²) in [5.74, 6) is -1.92. The van der Waals surface area contributed by atoms with E-state index in [2.05, 4.69) is 5.32 Å². The minimum absolute atomic E-state index is 0.0726. The van der Waals surface area contributed by atoms with Gasteiger partial charge < -0.3 is 15.8 Å². The molecule has 0 aromatic heterocycles. The van der Waals surface area contributed by atoms with E-state index in [4.69, 9.17) is 33.7 Å². The molecule has 0 amide bonds. The van der Waals surface area contributed by atoms with Crippen LogP contribution in [0, 0.1) is 11.3 Å². The Labute approximate surface area is 169 Å². The van der Waals surface area contributed by atoms with Gasteiger partial charge in [-0.3, -0.25) is 4.79 Å². The first kappa shape index (κ1) is 22.0. The van der Waals surface area contributed by atoms with E-state index in [1.165, 1.54) is 19.1 Å². The summed E-state index contributed by atoms with van der Waals surface area (Å²) in [7, 11) is 0. The van der Waals surface area contributed by atoms with Crippen molar-refractivity contribution in [3.05, 3.63) is 63.1 Å². The van der Waals surface area contributed by atoms with E-state index in [0.717, 1.165) is 12.1 Å². The quantitative estimate of drug-likeness (QED) is 0.462. The van der Waals surface area contributed by atoms with Gasteiger partial charge in [-0.2, -0.15) is 13.2 Å². The zero-order chi connectivity index (χ0) is 21.1. The number of aliphatic carboxylic acids is 1. The van der Waals surface area contributed by atoms with E-state index in [9.17, 15) is 18.0 Å². The smallest absolute Gasteiger partial charge is 0.416 e. The molecule has 0 radical (unpaired) electrons. The van der Waals surface area contributed by atoms with Crippen LogP contribution in [0.25, 0.3) is 0 Å². The first-order chi connectivity index (χ1) is 13.0. The predicted octanol–water partition coefficient (Wildman–Crippen LogP) is 6.10. The molecule has 0 aliphatic heterocycles.